The van der Waals surface area contributed by atoms with Crippen molar-refractivity contribution in [3.63, 3.8) is 0 Å². The van der Waals surface area contributed by atoms with Crippen molar-refractivity contribution < 1.29 is 24.2 Å². The molecule has 1 aliphatic rings. The molecule has 0 aromatic heterocycles. The zero-order chi connectivity index (χ0) is 11.7. The number of hydrogen-bond acceptors (Lipinski definition) is 4. The maximum atomic E-state index is 10.4. The summed E-state index contributed by atoms with van der Waals surface area (Å²) in [6, 6.07) is 0. The molecule has 0 bridgehead atoms. The molecule has 3 N–H and O–H groups in total. The summed E-state index contributed by atoms with van der Waals surface area (Å²) in [7, 11) is 1.71. The highest BCUT2D eigenvalue weighted by molar-refractivity contribution is 5.64. The van der Waals surface area contributed by atoms with E-state index in [0.29, 0.717) is 6.10 Å². The van der Waals surface area contributed by atoms with Gasteiger partial charge in [0.2, 0.25) is 0 Å². The molecular weight excluding hydrogens is 202 g/mol. The zero-order valence-electron chi connectivity index (χ0n) is 8.72. The Kier molecular flexibility index (Phi) is 7.35. The first-order valence-corrected chi connectivity index (χ1v) is 4.70. The number of hydrogen-bond donors (Lipinski definition) is 2. The summed E-state index contributed by atoms with van der Waals surface area (Å²) >= 11 is 0. The van der Waals surface area contributed by atoms with Gasteiger partial charge in [0.1, 0.15) is 6.10 Å². The fourth-order valence-electron chi connectivity index (χ4n) is 1.55. The van der Waals surface area contributed by atoms with Crippen molar-refractivity contribution in [3.8, 4) is 0 Å². The average Bonchev–Trinajstić information content (AvgIpc) is 2.19. The fraction of sp³-hybridized carbons (Fsp3) is 0.778. The third-order valence-corrected chi connectivity index (χ3v) is 2.24. The van der Waals surface area contributed by atoms with E-state index in [4.69, 9.17) is 25.1 Å². The Hall–Kier alpha value is -1.30. The van der Waals surface area contributed by atoms with Crippen LogP contribution in [0.25, 0.3) is 0 Å². The van der Waals surface area contributed by atoms with E-state index in [0.717, 1.165) is 25.7 Å². The third-order valence-electron chi connectivity index (χ3n) is 2.24. The topological polar surface area (TPSA) is 98.9 Å². The number of amides is 1. The number of carbonyl (C=O) groups is 2. The molecule has 1 amide bonds. The highest BCUT2D eigenvalue weighted by Crippen LogP contribution is 2.22. The molecule has 88 valence electrons. The molecule has 0 atom stereocenters. The Balaban J connectivity index is 0.000000583. The number of methoxy groups -OCH3 is 1. The maximum Gasteiger partial charge on any atom is 0.404 e. The molecule has 6 heteroatoms. The molecule has 1 aliphatic carbocycles. The monoisotopic (exact) mass is 219 g/mol. The number of primary amides is 1. The predicted octanol–water partition coefficient (Wildman–Crippen LogP) is 0.740. The molecule has 1 saturated carbocycles. The summed E-state index contributed by atoms with van der Waals surface area (Å²) in [5.74, 6) is 0. The van der Waals surface area contributed by atoms with Crippen LogP contribution in [-0.2, 0) is 14.3 Å². The first-order valence-electron chi connectivity index (χ1n) is 4.70. The first-order chi connectivity index (χ1) is 7.13. The van der Waals surface area contributed by atoms with E-state index in [1.165, 1.54) is 0 Å². The molecule has 0 radical (unpaired) electrons. The predicted molar refractivity (Wildman–Crippen MR) is 52.4 cm³/mol. The third kappa shape index (κ3) is 6.73. The molecule has 0 spiro atoms. The van der Waals surface area contributed by atoms with Gasteiger partial charge in [0, 0.05) is 7.11 Å². The van der Waals surface area contributed by atoms with Gasteiger partial charge in [-0.2, -0.15) is 0 Å². The van der Waals surface area contributed by atoms with Crippen molar-refractivity contribution >= 4 is 12.6 Å². The number of carboxylic acid groups (broad SMARTS) is 1. The van der Waals surface area contributed by atoms with E-state index < -0.39 is 6.09 Å². The van der Waals surface area contributed by atoms with E-state index >= 15 is 0 Å². The van der Waals surface area contributed by atoms with Crippen LogP contribution < -0.4 is 5.73 Å². The highest BCUT2D eigenvalue weighted by atomic mass is 16.6. The Morgan fingerprint density at radius 3 is 2.07 bits per heavy atom. The van der Waals surface area contributed by atoms with Crippen LogP contribution in [0.1, 0.15) is 25.7 Å². The van der Waals surface area contributed by atoms with Crippen LogP contribution in [0.3, 0.4) is 0 Å². The lowest BCUT2D eigenvalue weighted by molar-refractivity contribution is -0.122. The van der Waals surface area contributed by atoms with Crippen LogP contribution in [0.5, 0.6) is 0 Å². The fourth-order valence-corrected chi connectivity index (χ4v) is 1.55. The summed E-state index contributed by atoms with van der Waals surface area (Å²) in [5, 5.41) is 6.89. The summed E-state index contributed by atoms with van der Waals surface area (Å²) < 4.78 is 10.0. The van der Waals surface area contributed by atoms with Crippen molar-refractivity contribution in [2.45, 2.75) is 37.9 Å². The molecule has 0 aliphatic heterocycles. The lowest BCUT2D eigenvalue weighted by Crippen LogP contribution is -2.29. The number of rotatable bonds is 2. The molecule has 0 heterocycles. The van der Waals surface area contributed by atoms with Crippen molar-refractivity contribution in [1.29, 1.82) is 0 Å². The summed E-state index contributed by atoms with van der Waals surface area (Å²) in [5.41, 5.74) is 4.90. The molecule has 0 saturated heterocycles. The summed E-state index contributed by atoms with van der Waals surface area (Å²) in [4.78, 5) is 18.7. The van der Waals surface area contributed by atoms with E-state index in [2.05, 4.69) is 0 Å². The van der Waals surface area contributed by atoms with Crippen LogP contribution in [0, 0.1) is 0 Å². The summed E-state index contributed by atoms with van der Waals surface area (Å²) in [6.07, 6.45) is 3.30. The molecule has 6 nitrogen and oxygen atoms in total. The Morgan fingerprint density at radius 2 is 1.73 bits per heavy atom. The van der Waals surface area contributed by atoms with Gasteiger partial charge in [0.25, 0.3) is 6.47 Å². The number of nitrogens with two attached hydrogens (primary N) is 1. The summed E-state index contributed by atoms with van der Waals surface area (Å²) in [6.45, 7) is -0.250. The van der Waals surface area contributed by atoms with Crippen molar-refractivity contribution in [2.75, 3.05) is 7.11 Å². The lowest BCUT2D eigenvalue weighted by Gasteiger charge is -2.26. The van der Waals surface area contributed by atoms with E-state index in [1.807, 2.05) is 0 Å². The van der Waals surface area contributed by atoms with Gasteiger partial charge in [-0.15, -0.1) is 0 Å². The van der Waals surface area contributed by atoms with E-state index in [1.54, 1.807) is 7.11 Å². The van der Waals surface area contributed by atoms with Crippen LogP contribution in [0.15, 0.2) is 0 Å². The molecule has 1 rings (SSSR count). The largest absolute Gasteiger partial charge is 0.483 e. The normalized spacial score (nSPS) is 24.6. The molecule has 0 aromatic carbocycles. The second kappa shape index (κ2) is 8.05. The van der Waals surface area contributed by atoms with Gasteiger partial charge in [-0.05, 0) is 25.7 Å². The Bertz CT molecular complexity index is 189. The minimum atomic E-state index is -0.670. The first kappa shape index (κ1) is 13.7. The van der Waals surface area contributed by atoms with Crippen LogP contribution >= 0.6 is 0 Å². The van der Waals surface area contributed by atoms with Gasteiger partial charge >= 0.3 is 6.09 Å². The standard InChI is InChI=1S/C8H15NO3.CH2O2/c1-11-6-2-4-7(5-3-6)12-8(9)10;2-1-3/h6-7H,2-5H2,1H3,(H2,9,10);1H,(H,2,3)/t6-,7+;. The minimum Gasteiger partial charge on any atom is -0.483 e. The molecule has 15 heavy (non-hydrogen) atoms. The van der Waals surface area contributed by atoms with E-state index in [-0.39, 0.29) is 12.6 Å². The SMILES string of the molecule is CO[C@H]1CC[C@@H](OC(N)=O)CC1.O=CO. The van der Waals surface area contributed by atoms with Crippen LogP contribution in [-0.4, -0.2) is 37.0 Å². The average molecular weight is 219 g/mol. The highest BCUT2D eigenvalue weighted by Gasteiger charge is 2.22. The van der Waals surface area contributed by atoms with Crippen molar-refractivity contribution in [3.05, 3.63) is 0 Å². The minimum absolute atomic E-state index is 0.00824. The van der Waals surface area contributed by atoms with Crippen molar-refractivity contribution in [1.82, 2.24) is 0 Å². The quantitative estimate of drug-likeness (QED) is 0.667. The maximum absolute atomic E-state index is 10.4. The van der Waals surface area contributed by atoms with Gasteiger partial charge < -0.3 is 20.3 Å². The van der Waals surface area contributed by atoms with Gasteiger partial charge in [0.05, 0.1) is 6.10 Å². The van der Waals surface area contributed by atoms with Gasteiger partial charge in [0.15, 0.2) is 0 Å². The lowest BCUT2D eigenvalue weighted by atomic mass is 9.95. The number of ether oxygens (including phenoxy) is 2. The molecule has 0 aromatic rings. The molecule has 0 unspecified atom stereocenters. The second-order valence-corrected chi connectivity index (χ2v) is 3.18. The smallest absolute Gasteiger partial charge is 0.404 e. The molecule has 1 fully saturated rings. The van der Waals surface area contributed by atoms with E-state index in [9.17, 15) is 4.79 Å². The second-order valence-electron chi connectivity index (χ2n) is 3.18. The van der Waals surface area contributed by atoms with Crippen LogP contribution in [0.4, 0.5) is 4.79 Å². The van der Waals surface area contributed by atoms with Gasteiger partial charge in [-0.3, -0.25) is 4.79 Å². The Labute approximate surface area is 88.3 Å². The van der Waals surface area contributed by atoms with Gasteiger partial charge in [-0.1, -0.05) is 0 Å². The van der Waals surface area contributed by atoms with Crippen molar-refractivity contribution in [2.24, 2.45) is 5.73 Å². The van der Waals surface area contributed by atoms with Gasteiger partial charge in [-0.25, -0.2) is 4.79 Å². The number of carbonyl (C=O) groups excluding carboxylic acids is 1. The Morgan fingerprint density at radius 1 is 1.33 bits per heavy atom. The zero-order valence-corrected chi connectivity index (χ0v) is 8.72. The molecular formula is C9H17NO5. The van der Waals surface area contributed by atoms with Crippen LogP contribution in [0.2, 0.25) is 0 Å².